The van der Waals surface area contributed by atoms with Crippen molar-refractivity contribution >= 4 is 26.7 Å². The van der Waals surface area contributed by atoms with Crippen LogP contribution in [-0.2, 0) is 4.74 Å². The van der Waals surface area contributed by atoms with Crippen LogP contribution in [0.3, 0.4) is 0 Å². The molecule has 0 fully saturated rings. The maximum Gasteiger partial charge on any atom is 0.411 e. The molecule has 114 valence electrons. The van der Waals surface area contributed by atoms with E-state index in [9.17, 15) is 13.2 Å². The lowest BCUT2D eigenvalue weighted by molar-refractivity contribution is -0.174. The van der Waals surface area contributed by atoms with Crippen LogP contribution < -0.4 is 4.74 Å². The highest BCUT2D eigenvalue weighted by atomic mass is 79.9. The molecule has 0 radical (unpaired) electrons. The quantitative estimate of drug-likeness (QED) is 0.676. The van der Waals surface area contributed by atoms with Crippen LogP contribution in [0.5, 0.6) is 5.75 Å². The van der Waals surface area contributed by atoms with Crippen molar-refractivity contribution in [1.29, 1.82) is 0 Å². The average Bonchev–Trinajstić information content (AvgIpc) is 2.44. The molecule has 2 nitrogen and oxygen atoms in total. The summed E-state index contributed by atoms with van der Waals surface area (Å²) in [6.45, 7) is -0.897. The summed E-state index contributed by atoms with van der Waals surface area (Å²) in [5.41, 5.74) is 0. The summed E-state index contributed by atoms with van der Waals surface area (Å²) in [6.07, 6.45) is -3.88. The van der Waals surface area contributed by atoms with Crippen molar-refractivity contribution in [1.82, 2.24) is 0 Å². The van der Waals surface area contributed by atoms with Crippen molar-refractivity contribution in [2.75, 3.05) is 19.8 Å². The number of ether oxygens (including phenoxy) is 2. The Kier molecular flexibility index (Phi) is 5.47. The van der Waals surface area contributed by atoms with Gasteiger partial charge in [0.2, 0.25) is 0 Å². The molecule has 0 aromatic heterocycles. The van der Waals surface area contributed by atoms with Crippen molar-refractivity contribution < 1.29 is 22.6 Å². The van der Waals surface area contributed by atoms with Gasteiger partial charge in [0.1, 0.15) is 12.4 Å². The third kappa shape index (κ3) is 4.89. The summed E-state index contributed by atoms with van der Waals surface area (Å²) in [4.78, 5) is 0. The Hall–Kier alpha value is -1.27. The monoisotopic (exact) mass is 362 g/mol. The van der Waals surface area contributed by atoms with Crippen LogP contribution in [0.15, 0.2) is 40.9 Å². The lowest BCUT2D eigenvalue weighted by Gasteiger charge is -2.11. The molecule has 2 aromatic rings. The Morgan fingerprint density at radius 1 is 1.00 bits per heavy atom. The van der Waals surface area contributed by atoms with Crippen LogP contribution in [0, 0.1) is 0 Å². The Bertz CT molecular complexity index is 599. The number of hydrogen-bond acceptors (Lipinski definition) is 2. The molecule has 0 aliphatic rings. The topological polar surface area (TPSA) is 18.5 Å². The Morgan fingerprint density at radius 2 is 1.76 bits per heavy atom. The summed E-state index contributed by atoms with van der Waals surface area (Å²) in [5, 5.41) is 2.12. The van der Waals surface area contributed by atoms with E-state index in [1.54, 1.807) is 0 Å². The van der Waals surface area contributed by atoms with Crippen molar-refractivity contribution in [2.24, 2.45) is 0 Å². The second-order valence-electron chi connectivity index (χ2n) is 4.47. The molecule has 0 atom stereocenters. The maximum absolute atomic E-state index is 11.9. The minimum Gasteiger partial charge on any atom is -0.492 e. The van der Waals surface area contributed by atoms with Gasteiger partial charge >= 0.3 is 6.18 Å². The molecule has 0 saturated carbocycles. The number of fused-ring (bicyclic) bond motifs is 1. The van der Waals surface area contributed by atoms with Crippen molar-refractivity contribution in [2.45, 2.75) is 12.6 Å². The zero-order valence-electron chi connectivity index (χ0n) is 11.1. The number of halogens is 4. The van der Waals surface area contributed by atoms with Gasteiger partial charge in [-0.15, -0.1) is 0 Å². The SMILES string of the molecule is FC(F)(F)COCCCOc1ccc2ccccc2c1Br. The summed E-state index contributed by atoms with van der Waals surface area (Å²) in [5.74, 6) is 0.671. The maximum atomic E-state index is 11.9. The molecular formula is C15H14BrF3O2. The first kappa shape index (κ1) is 16.1. The van der Waals surface area contributed by atoms with Gasteiger partial charge in [-0.25, -0.2) is 0 Å². The van der Waals surface area contributed by atoms with E-state index >= 15 is 0 Å². The fourth-order valence-corrected chi connectivity index (χ4v) is 2.46. The molecule has 0 aliphatic heterocycles. The smallest absolute Gasteiger partial charge is 0.411 e. The molecule has 0 bridgehead atoms. The summed E-state index contributed by atoms with van der Waals surface area (Å²) in [6, 6.07) is 11.6. The van der Waals surface area contributed by atoms with Crippen molar-refractivity contribution in [3.05, 3.63) is 40.9 Å². The Morgan fingerprint density at radius 3 is 2.52 bits per heavy atom. The van der Waals surface area contributed by atoms with Gasteiger partial charge in [-0.1, -0.05) is 30.3 Å². The van der Waals surface area contributed by atoms with E-state index in [0.717, 1.165) is 15.2 Å². The van der Waals surface area contributed by atoms with E-state index in [4.69, 9.17) is 4.74 Å². The highest BCUT2D eigenvalue weighted by Gasteiger charge is 2.27. The van der Waals surface area contributed by atoms with Crippen LogP contribution in [0.25, 0.3) is 10.8 Å². The molecule has 0 unspecified atom stereocenters. The van der Waals surface area contributed by atoms with Crippen LogP contribution in [-0.4, -0.2) is 26.0 Å². The number of benzene rings is 2. The van der Waals surface area contributed by atoms with E-state index in [1.807, 2.05) is 36.4 Å². The highest BCUT2D eigenvalue weighted by molar-refractivity contribution is 9.10. The van der Waals surface area contributed by atoms with E-state index in [-0.39, 0.29) is 6.61 Å². The molecule has 21 heavy (non-hydrogen) atoms. The fraction of sp³-hybridized carbons (Fsp3) is 0.333. The molecule has 2 aromatic carbocycles. The number of hydrogen-bond donors (Lipinski definition) is 0. The minimum absolute atomic E-state index is 0.0186. The first-order valence-electron chi connectivity index (χ1n) is 6.42. The normalized spacial score (nSPS) is 11.8. The van der Waals surface area contributed by atoms with E-state index in [0.29, 0.717) is 18.8 Å². The summed E-state index contributed by atoms with van der Waals surface area (Å²) < 4.78 is 46.5. The second-order valence-corrected chi connectivity index (χ2v) is 5.26. The van der Waals surface area contributed by atoms with Gasteiger partial charge in [-0.3, -0.25) is 0 Å². The highest BCUT2D eigenvalue weighted by Crippen LogP contribution is 2.33. The fourth-order valence-electron chi connectivity index (χ4n) is 1.86. The molecule has 0 N–H and O–H groups in total. The van der Waals surface area contributed by atoms with Gasteiger partial charge in [0.15, 0.2) is 0 Å². The average molecular weight is 363 g/mol. The first-order chi connectivity index (χ1) is 9.97. The third-order valence-corrected chi connectivity index (χ3v) is 3.60. The summed E-state index contributed by atoms with van der Waals surface area (Å²) in [7, 11) is 0. The molecular weight excluding hydrogens is 349 g/mol. The van der Waals surface area contributed by atoms with Crippen LogP contribution >= 0.6 is 15.9 Å². The predicted octanol–water partition coefficient (Wildman–Crippen LogP) is 4.95. The molecule has 0 amide bonds. The standard InChI is InChI=1S/C15H14BrF3O2/c16-14-12-5-2-1-4-11(12)6-7-13(14)21-9-3-8-20-10-15(17,18)19/h1-2,4-7H,3,8-10H2. The van der Waals surface area contributed by atoms with E-state index in [1.165, 1.54) is 0 Å². The van der Waals surface area contributed by atoms with Gasteiger partial charge in [-0.05, 0) is 32.8 Å². The van der Waals surface area contributed by atoms with Crippen LogP contribution in [0.4, 0.5) is 13.2 Å². The molecule has 6 heteroatoms. The third-order valence-electron chi connectivity index (χ3n) is 2.78. The lowest BCUT2D eigenvalue weighted by Crippen LogP contribution is -2.18. The molecule has 0 heterocycles. The van der Waals surface area contributed by atoms with Gasteiger partial charge in [0.05, 0.1) is 17.7 Å². The second kappa shape index (κ2) is 7.13. The minimum atomic E-state index is -4.28. The molecule has 0 spiro atoms. The lowest BCUT2D eigenvalue weighted by atomic mass is 10.1. The van der Waals surface area contributed by atoms with Gasteiger partial charge in [0.25, 0.3) is 0 Å². The molecule has 0 aliphatic carbocycles. The summed E-state index contributed by atoms with van der Waals surface area (Å²) >= 11 is 3.49. The van der Waals surface area contributed by atoms with E-state index < -0.39 is 12.8 Å². The zero-order chi connectivity index (χ0) is 15.3. The Labute approximate surface area is 129 Å². The van der Waals surface area contributed by atoms with Crippen LogP contribution in [0.2, 0.25) is 0 Å². The largest absolute Gasteiger partial charge is 0.492 e. The predicted molar refractivity (Wildman–Crippen MR) is 78.6 cm³/mol. The number of alkyl halides is 3. The first-order valence-corrected chi connectivity index (χ1v) is 7.21. The van der Waals surface area contributed by atoms with Crippen molar-refractivity contribution in [3.8, 4) is 5.75 Å². The molecule has 2 rings (SSSR count). The van der Waals surface area contributed by atoms with E-state index in [2.05, 4.69) is 20.7 Å². The van der Waals surface area contributed by atoms with Gasteiger partial charge < -0.3 is 9.47 Å². The van der Waals surface area contributed by atoms with Crippen LogP contribution in [0.1, 0.15) is 6.42 Å². The number of rotatable bonds is 6. The molecule has 0 saturated heterocycles. The van der Waals surface area contributed by atoms with Crippen molar-refractivity contribution in [3.63, 3.8) is 0 Å². The van der Waals surface area contributed by atoms with Gasteiger partial charge in [-0.2, -0.15) is 13.2 Å². The Balaban J connectivity index is 1.83. The van der Waals surface area contributed by atoms with Gasteiger partial charge in [0, 0.05) is 6.42 Å². The zero-order valence-corrected chi connectivity index (χ0v) is 12.7.